The quantitative estimate of drug-likeness (QED) is 0.681. The van der Waals surface area contributed by atoms with Gasteiger partial charge in [-0.1, -0.05) is 15.9 Å². The predicted molar refractivity (Wildman–Crippen MR) is 74.7 cm³/mol. The highest BCUT2D eigenvalue weighted by molar-refractivity contribution is 9.11. The molecule has 0 fully saturated rings. The number of aromatic nitrogens is 3. The minimum Gasteiger partial charge on any atom is -0.272 e. The first-order valence-electron chi connectivity index (χ1n) is 4.05. The van der Waals surface area contributed by atoms with Crippen molar-refractivity contribution in [3.63, 3.8) is 0 Å². The van der Waals surface area contributed by atoms with Gasteiger partial charge in [0.1, 0.15) is 0 Å². The minimum atomic E-state index is -0.311. The molecule has 0 bridgehead atoms. The van der Waals surface area contributed by atoms with E-state index in [1.807, 2.05) is 12.1 Å². The average molecular weight is 430 g/mol. The highest BCUT2D eigenvalue weighted by atomic mass is 79.9. The van der Waals surface area contributed by atoms with Gasteiger partial charge in [0.2, 0.25) is 4.77 Å². The van der Waals surface area contributed by atoms with Gasteiger partial charge in [-0.2, -0.15) is 0 Å². The van der Waals surface area contributed by atoms with Crippen LogP contribution in [-0.2, 0) is 0 Å². The van der Waals surface area contributed by atoms with Crippen molar-refractivity contribution in [2.24, 2.45) is 0 Å². The van der Waals surface area contributed by atoms with Crippen LogP contribution in [0.5, 0.6) is 0 Å². The van der Waals surface area contributed by atoms with E-state index in [1.54, 1.807) is 0 Å². The van der Waals surface area contributed by atoms with Crippen molar-refractivity contribution in [3.05, 3.63) is 40.8 Å². The van der Waals surface area contributed by atoms with Gasteiger partial charge in [-0.3, -0.25) is 5.10 Å². The summed E-state index contributed by atoms with van der Waals surface area (Å²) < 4.78 is 4.10. The summed E-state index contributed by atoms with van der Waals surface area (Å²) in [5.74, 6) is 0. The van der Waals surface area contributed by atoms with Crippen molar-refractivity contribution in [1.82, 2.24) is 14.8 Å². The van der Waals surface area contributed by atoms with Crippen LogP contribution < -0.4 is 5.69 Å². The van der Waals surface area contributed by atoms with Gasteiger partial charge in [0, 0.05) is 13.4 Å². The first-order valence-corrected chi connectivity index (χ1v) is 6.84. The number of benzene rings is 1. The van der Waals surface area contributed by atoms with Crippen LogP contribution in [0.15, 0.2) is 30.3 Å². The Morgan fingerprint density at radius 3 is 2.12 bits per heavy atom. The van der Waals surface area contributed by atoms with Crippen LogP contribution in [0.25, 0.3) is 5.69 Å². The number of hydrogen-bond acceptors (Lipinski definition) is 2. The summed E-state index contributed by atoms with van der Waals surface area (Å²) >= 11 is 15.2. The third kappa shape index (κ3) is 2.11. The smallest absolute Gasteiger partial charge is 0.272 e. The number of H-pyrrole nitrogens is 2. The summed E-state index contributed by atoms with van der Waals surface area (Å²) in [7, 11) is 0. The van der Waals surface area contributed by atoms with Crippen molar-refractivity contribution >= 4 is 60.0 Å². The molecule has 0 spiro atoms. The Balaban J connectivity index is 2.85. The summed E-state index contributed by atoms with van der Waals surface area (Å²) in [5, 5.41) is 5.02. The first-order chi connectivity index (χ1) is 7.50. The molecule has 2 aromatic rings. The van der Waals surface area contributed by atoms with Crippen molar-refractivity contribution in [2.75, 3.05) is 0 Å². The van der Waals surface area contributed by atoms with Crippen LogP contribution in [0.3, 0.4) is 0 Å². The van der Waals surface area contributed by atoms with Crippen LogP contribution in [0.4, 0.5) is 0 Å². The van der Waals surface area contributed by atoms with Crippen molar-refractivity contribution < 1.29 is 0 Å². The molecule has 2 rings (SSSR count). The molecule has 1 aromatic heterocycles. The Labute approximate surface area is 120 Å². The second-order valence-electron chi connectivity index (χ2n) is 2.91. The molecule has 1 aromatic carbocycles. The van der Waals surface area contributed by atoms with E-state index >= 15 is 0 Å². The number of hydrogen-bond donors (Lipinski definition) is 2. The van der Waals surface area contributed by atoms with Crippen LogP contribution in [-0.4, -0.2) is 14.8 Å². The summed E-state index contributed by atoms with van der Waals surface area (Å²) in [5.41, 5.74) is 0.351. The van der Waals surface area contributed by atoms with Gasteiger partial charge in [0.05, 0.1) is 5.69 Å². The van der Waals surface area contributed by atoms with Crippen molar-refractivity contribution in [3.8, 4) is 5.69 Å². The lowest BCUT2D eigenvalue weighted by Gasteiger charge is -2.07. The standard InChI is InChI=1S/C8H4Br3N3OS/c9-3-1-4(10)6(5(11)2-3)14-7(15)12-13-8(14)16/h1-2H,(H,12,15)(H,13,16). The van der Waals surface area contributed by atoms with E-state index < -0.39 is 0 Å². The molecule has 0 aliphatic rings. The van der Waals surface area contributed by atoms with Crippen LogP contribution >= 0.6 is 60.0 Å². The van der Waals surface area contributed by atoms with Gasteiger partial charge in [-0.05, 0) is 56.2 Å². The van der Waals surface area contributed by atoms with E-state index in [0.717, 1.165) is 13.4 Å². The van der Waals surface area contributed by atoms with Crippen LogP contribution in [0.2, 0.25) is 0 Å². The molecular weight excluding hydrogens is 426 g/mol. The van der Waals surface area contributed by atoms with Crippen LogP contribution in [0, 0.1) is 4.77 Å². The largest absolute Gasteiger partial charge is 0.347 e. The molecular formula is C8H4Br3N3OS. The number of rotatable bonds is 1. The highest BCUT2D eigenvalue weighted by Crippen LogP contribution is 2.32. The number of halogens is 3. The lowest BCUT2D eigenvalue weighted by atomic mass is 10.3. The topological polar surface area (TPSA) is 53.6 Å². The van der Waals surface area contributed by atoms with Gasteiger partial charge >= 0.3 is 5.69 Å². The van der Waals surface area contributed by atoms with Crippen molar-refractivity contribution in [2.45, 2.75) is 0 Å². The highest BCUT2D eigenvalue weighted by Gasteiger charge is 2.12. The molecule has 4 nitrogen and oxygen atoms in total. The second kappa shape index (κ2) is 4.59. The van der Waals surface area contributed by atoms with E-state index in [0.29, 0.717) is 10.5 Å². The van der Waals surface area contributed by atoms with Gasteiger partial charge in [0.15, 0.2) is 0 Å². The van der Waals surface area contributed by atoms with Gasteiger partial charge in [-0.25, -0.2) is 14.5 Å². The predicted octanol–water partition coefficient (Wildman–Crippen LogP) is 3.51. The molecule has 84 valence electrons. The average Bonchev–Trinajstić information content (AvgIpc) is 2.47. The zero-order valence-electron chi connectivity index (χ0n) is 7.55. The zero-order valence-corrected chi connectivity index (χ0v) is 13.1. The summed E-state index contributed by atoms with van der Waals surface area (Å²) in [6, 6.07) is 3.68. The normalized spacial score (nSPS) is 10.7. The fraction of sp³-hybridized carbons (Fsp3) is 0. The Morgan fingerprint density at radius 1 is 1.12 bits per heavy atom. The molecule has 0 amide bonds. The minimum absolute atomic E-state index is 0.311. The van der Waals surface area contributed by atoms with Gasteiger partial charge in [0.25, 0.3) is 0 Å². The van der Waals surface area contributed by atoms with E-state index in [2.05, 4.69) is 58.0 Å². The molecule has 8 heteroatoms. The Kier molecular flexibility index (Phi) is 3.53. The zero-order chi connectivity index (χ0) is 11.9. The van der Waals surface area contributed by atoms with E-state index in [1.165, 1.54) is 4.57 Å². The fourth-order valence-electron chi connectivity index (χ4n) is 1.26. The molecule has 1 heterocycles. The monoisotopic (exact) mass is 427 g/mol. The van der Waals surface area contributed by atoms with Crippen LogP contribution in [0.1, 0.15) is 0 Å². The second-order valence-corrected chi connectivity index (χ2v) is 5.92. The van der Waals surface area contributed by atoms with E-state index in [4.69, 9.17) is 12.2 Å². The summed E-state index contributed by atoms with van der Waals surface area (Å²) in [4.78, 5) is 11.6. The molecule has 0 saturated heterocycles. The molecule has 0 unspecified atom stereocenters. The lowest BCUT2D eigenvalue weighted by molar-refractivity contribution is 0.963. The number of nitrogens with one attached hydrogen (secondary N) is 2. The Hall–Kier alpha value is -0.180. The molecule has 0 radical (unpaired) electrons. The number of nitrogens with zero attached hydrogens (tertiary/aromatic N) is 1. The first kappa shape index (κ1) is 12.3. The maximum Gasteiger partial charge on any atom is 0.347 e. The Bertz CT molecular complexity index is 607. The van der Waals surface area contributed by atoms with E-state index in [9.17, 15) is 4.79 Å². The molecule has 0 saturated carbocycles. The number of aromatic amines is 2. The molecule has 16 heavy (non-hydrogen) atoms. The molecule has 0 aliphatic heterocycles. The third-order valence-corrected chi connectivity index (χ3v) is 3.84. The van der Waals surface area contributed by atoms with E-state index in [-0.39, 0.29) is 5.69 Å². The summed E-state index contributed by atoms with van der Waals surface area (Å²) in [6.07, 6.45) is 0. The van der Waals surface area contributed by atoms with Crippen molar-refractivity contribution in [1.29, 1.82) is 0 Å². The molecule has 0 atom stereocenters. The third-order valence-electron chi connectivity index (χ3n) is 1.89. The Morgan fingerprint density at radius 2 is 1.69 bits per heavy atom. The SMILES string of the molecule is O=c1[nH][nH]c(=S)n1-c1c(Br)cc(Br)cc1Br. The lowest BCUT2D eigenvalue weighted by Crippen LogP contribution is -2.15. The van der Waals surface area contributed by atoms with Gasteiger partial charge < -0.3 is 0 Å². The molecule has 0 aliphatic carbocycles. The molecule has 2 N–H and O–H groups in total. The summed E-state index contributed by atoms with van der Waals surface area (Å²) in [6.45, 7) is 0. The maximum absolute atomic E-state index is 11.6. The van der Waals surface area contributed by atoms with Gasteiger partial charge in [-0.15, -0.1) is 0 Å². The maximum atomic E-state index is 11.6. The fourth-order valence-corrected chi connectivity index (χ4v) is 4.10.